The van der Waals surface area contributed by atoms with E-state index in [9.17, 15) is 45.8 Å². The van der Waals surface area contributed by atoms with Crippen molar-refractivity contribution in [2.75, 3.05) is 9.80 Å². The third-order valence-corrected chi connectivity index (χ3v) is 11.1. The molecule has 0 fully saturated rings. The Bertz CT molecular complexity index is 2550. The number of amides is 2. The lowest BCUT2D eigenvalue weighted by Gasteiger charge is -2.42. The van der Waals surface area contributed by atoms with Gasteiger partial charge in [-0.05, 0) is 99.4 Å². The van der Waals surface area contributed by atoms with Gasteiger partial charge in [0.05, 0.1) is 28.0 Å². The molecule has 0 aliphatic carbocycles. The molecule has 292 valence electrons. The molecule has 3 aliphatic heterocycles. The van der Waals surface area contributed by atoms with Crippen molar-refractivity contribution in [3.63, 3.8) is 0 Å². The number of nitrogens with zero attached hydrogens (tertiary/aromatic N) is 2. The summed E-state index contributed by atoms with van der Waals surface area (Å²) in [6.45, 7) is 9.57. The first-order chi connectivity index (χ1) is 26.5. The number of fused-ring (bicyclic) bond motifs is 10. The highest BCUT2D eigenvalue weighted by atomic mass is 19.4. The van der Waals surface area contributed by atoms with Gasteiger partial charge in [-0.3, -0.25) is 19.4 Å². The van der Waals surface area contributed by atoms with Crippen LogP contribution in [0.1, 0.15) is 85.6 Å². The molecular weight excluding hydrogens is 750 g/mol. The molecule has 0 atom stereocenters. The number of halogens is 6. The van der Waals surface area contributed by atoms with Gasteiger partial charge in [0.2, 0.25) is 0 Å². The van der Waals surface area contributed by atoms with Crippen LogP contribution < -0.4 is 14.5 Å². The van der Waals surface area contributed by atoms with Gasteiger partial charge in [-0.2, -0.15) is 26.3 Å². The van der Waals surface area contributed by atoms with Crippen molar-refractivity contribution in [2.24, 2.45) is 0 Å². The summed E-state index contributed by atoms with van der Waals surface area (Å²) >= 11 is 0. The van der Waals surface area contributed by atoms with Crippen molar-refractivity contribution in [1.82, 2.24) is 0 Å². The SMILES string of the molecule is CC1=CC(C)(C)N(C(=O)C(F)(F)F)c2ccc3c4c(ccc3c21)C(c1ccccc1C(=O)O)c1ccc2c3c(ccc2c1O4)N(C(=O)C(F)(F)F)C(C)(C)C=C3C. The minimum absolute atomic E-state index is 0.0157. The molecule has 3 aliphatic rings. The zero-order valence-corrected chi connectivity index (χ0v) is 31.4. The van der Waals surface area contributed by atoms with E-state index < -0.39 is 47.1 Å². The van der Waals surface area contributed by atoms with Crippen LogP contribution in [0, 0.1) is 0 Å². The Balaban J connectivity index is 1.42. The van der Waals surface area contributed by atoms with Gasteiger partial charge in [0.25, 0.3) is 0 Å². The number of carbonyl (C=O) groups excluding carboxylic acids is 2. The molecule has 5 aromatic carbocycles. The van der Waals surface area contributed by atoms with Crippen molar-refractivity contribution in [1.29, 1.82) is 0 Å². The van der Waals surface area contributed by atoms with Crippen LogP contribution in [0.5, 0.6) is 11.5 Å². The summed E-state index contributed by atoms with van der Waals surface area (Å²) in [5, 5.41) is 12.2. The van der Waals surface area contributed by atoms with Crippen LogP contribution >= 0.6 is 0 Å². The van der Waals surface area contributed by atoms with Gasteiger partial charge in [0.15, 0.2) is 0 Å². The van der Waals surface area contributed by atoms with Crippen LogP contribution in [-0.4, -0.2) is 46.3 Å². The van der Waals surface area contributed by atoms with Crippen molar-refractivity contribution in [2.45, 2.75) is 70.9 Å². The molecule has 57 heavy (non-hydrogen) atoms. The van der Waals surface area contributed by atoms with Crippen molar-refractivity contribution in [3.05, 3.63) is 118 Å². The molecule has 0 unspecified atom stereocenters. The first kappa shape index (κ1) is 37.8. The molecule has 7 nitrogen and oxygen atoms in total. The summed E-state index contributed by atoms with van der Waals surface area (Å²) in [6.07, 6.45) is -7.12. The maximum Gasteiger partial charge on any atom is 0.471 e. The van der Waals surface area contributed by atoms with Crippen LogP contribution in [-0.2, 0) is 9.59 Å². The van der Waals surface area contributed by atoms with Crippen molar-refractivity contribution < 1.29 is 50.6 Å². The second-order valence-corrected chi connectivity index (χ2v) is 15.7. The smallest absolute Gasteiger partial charge is 0.471 e. The number of rotatable bonds is 2. The fourth-order valence-corrected chi connectivity index (χ4v) is 9.15. The lowest BCUT2D eigenvalue weighted by Crippen LogP contribution is -2.53. The average molecular weight is 785 g/mol. The number of benzene rings is 5. The summed E-state index contributed by atoms with van der Waals surface area (Å²) < 4.78 is 90.9. The number of alkyl halides is 6. The number of allylic oxidation sites excluding steroid dienone is 2. The topological polar surface area (TPSA) is 87.2 Å². The number of hydrogen-bond donors (Lipinski definition) is 1. The van der Waals surface area contributed by atoms with Gasteiger partial charge in [-0.1, -0.05) is 54.6 Å². The number of anilines is 2. The zero-order chi connectivity index (χ0) is 41.3. The second kappa shape index (κ2) is 12.2. The van der Waals surface area contributed by atoms with E-state index in [2.05, 4.69) is 0 Å². The molecule has 8 rings (SSSR count). The van der Waals surface area contributed by atoms with E-state index in [0.29, 0.717) is 60.5 Å². The fraction of sp³-hybridized carbons (Fsp3) is 0.250. The molecule has 5 aromatic rings. The van der Waals surface area contributed by atoms with Crippen LogP contribution in [0.25, 0.3) is 32.7 Å². The maximum atomic E-state index is 14.0. The molecule has 0 spiro atoms. The normalized spacial score (nSPS) is 17.2. The zero-order valence-electron chi connectivity index (χ0n) is 31.4. The van der Waals surface area contributed by atoms with E-state index >= 15 is 0 Å². The van der Waals surface area contributed by atoms with E-state index in [1.807, 2.05) is 0 Å². The van der Waals surface area contributed by atoms with Crippen LogP contribution in [0.15, 0.2) is 84.9 Å². The van der Waals surface area contributed by atoms with Gasteiger partial charge in [-0.15, -0.1) is 0 Å². The monoisotopic (exact) mass is 784 g/mol. The van der Waals surface area contributed by atoms with Gasteiger partial charge in [0, 0.05) is 38.9 Å². The molecule has 2 amide bonds. The predicted octanol–water partition coefficient (Wildman–Crippen LogP) is 11.2. The molecule has 3 heterocycles. The van der Waals surface area contributed by atoms with E-state index in [-0.39, 0.29) is 28.4 Å². The number of aromatic carboxylic acids is 1. The summed E-state index contributed by atoms with van der Waals surface area (Å²) in [6, 6.07) is 19.4. The van der Waals surface area contributed by atoms with Crippen molar-refractivity contribution in [3.8, 4) is 11.5 Å². The van der Waals surface area contributed by atoms with Gasteiger partial charge in [-0.25, -0.2) is 4.79 Å². The molecule has 0 radical (unpaired) electrons. The van der Waals surface area contributed by atoms with E-state index in [1.165, 1.54) is 45.9 Å². The molecule has 13 heteroatoms. The van der Waals surface area contributed by atoms with Crippen molar-refractivity contribution >= 4 is 61.8 Å². The van der Waals surface area contributed by atoms with E-state index in [4.69, 9.17) is 4.74 Å². The third-order valence-electron chi connectivity index (χ3n) is 11.1. The molecule has 0 saturated carbocycles. The highest BCUT2D eigenvalue weighted by Gasteiger charge is 2.51. The van der Waals surface area contributed by atoms with Crippen LogP contribution in [0.4, 0.5) is 37.7 Å². The van der Waals surface area contributed by atoms with E-state index in [0.717, 1.165) is 9.80 Å². The Kier molecular flexibility index (Phi) is 8.09. The van der Waals surface area contributed by atoms with Gasteiger partial charge < -0.3 is 9.84 Å². The molecule has 0 saturated heterocycles. The van der Waals surface area contributed by atoms with Crippen LogP contribution in [0.2, 0.25) is 0 Å². The summed E-state index contributed by atoms with van der Waals surface area (Å²) in [5.74, 6) is -5.42. The minimum atomic E-state index is -5.16. The number of carboxylic acid groups (broad SMARTS) is 1. The molecule has 1 N–H and O–H groups in total. The molecular formula is C44H34F6N2O5. The summed E-state index contributed by atoms with van der Waals surface area (Å²) in [7, 11) is 0. The lowest BCUT2D eigenvalue weighted by atomic mass is 9.77. The Morgan fingerprint density at radius 1 is 0.596 bits per heavy atom. The minimum Gasteiger partial charge on any atom is -0.478 e. The average Bonchev–Trinajstić information content (AvgIpc) is 3.11. The Labute approximate surface area is 322 Å². The van der Waals surface area contributed by atoms with Crippen LogP contribution in [0.3, 0.4) is 0 Å². The predicted molar refractivity (Wildman–Crippen MR) is 205 cm³/mol. The summed E-state index contributed by atoms with van der Waals surface area (Å²) in [4.78, 5) is 39.9. The van der Waals surface area contributed by atoms with Gasteiger partial charge in [0.1, 0.15) is 11.5 Å². The molecule has 0 aromatic heterocycles. The fourth-order valence-electron chi connectivity index (χ4n) is 9.15. The lowest BCUT2D eigenvalue weighted by molar-refractivity contribution is -0.171. The largest absolute Gasteiger partial charge is 0.478 e. The van der Waals surface area contributed by atoms with E-state index in [1.54, 1.807) is 80.6 Å². The highest BCUT2D eigenvalue weighted by molar-refractivity contribution is 6.12. The Morgan fingerprint density at radius 2 is 1.00 bits per heavy atom. The molecule has 0 bridgehead atoms. The Hall–Kier alpha value is -6.11. The first-order valence-corrected chi connectivity index (χ1v) is 18.0. The third kappa shape index (κ3) is 5.60. The highest BCUT2D eigenvalue weighted by Crippen LogP contribution is 2.56. The number of carboxylic acids is 1. The Morgan fingerprint density at radius 3 is 1.40 bits per heavy atom. The first-order valence-electron chi connectivity index (χ1n) is 18.0. The summed E-state index contributed by atoms with van der Waals surface area (Å²) in [5.41, 5.74) is 1.02. The number of hydrogen-bond acceptors (Lipinski definition) is 4. The van der Waals surface area contributed by atoms with Gasteiger partial charge >= 0.3 is 30.1 Å². The maximum absolute atomic E-state index is 14.0. The second-order valence-electron chi connectivity index (χ2n) is 15.7. The number of ether oxygens (including phenoxy) is 1. The number of carbonyl (C=O) groups is 3. The quantitative estimate of drug-likeness (QED) is 0.177. The standard InChI is InChI=1S/C44H34F6N2O5/c1-21-19-41(3,4)51(39(55)43(45,46)47)31-17-15-26-24(33(21)31)11-13-29-35(23-9-7-8-10-28(23)38(53)54)30-14-12-25-27(37(30)57-36(26)29)16-18-32-34(25)22(2)20-42(5,6)52(32)40(56)44(48,49)50/h7-20,35H,1-6H3,(H,53,54).